The molecule has 7 heteroatoms. The molecule has 3 rings (SSSR count). The number of hydrogen-bond donors (Lipinski definition) is 0. The van der Waals surface area contributed by atoms with Gasteiger partial charge in [-0.25, -0.2) is 0 Å². The Hall–Kier alpha value is -2.47. The molecule has 0 aliphatic carbocycles. The van der Waals surface area contributed by atoms with Crippen LogP contribution in [0.1, 0.15) is 10.6 Å². The Labute approximate surface area is 144 Å². The van der Waals surface area contributed by atoms with E-state index >= 15 is 0 Å². The van der Waals surface area contributed by atoms with E-state index in [1.807, 2.05) is 24.3 Å². The van der Waals surface area contributed by atoms with Crippen molar-refractivity contribution < 1.29 is 13.9 Å². The van der Waals surface area contributed by atoms with Gasteiger partial charge in [0.1, 0.15) is 6.26 Å². The molecule has 1 amide bonds. The smallest absolute Gasteiger partial charge is 0.289 e. The van der Waals surface area contributed by atoms with Crippen LogP contribution in [-0.4, -0.2) is 44.1 Å². The van der Waals surface area contributed by atoms with E-state index in [-0.39, 0.29) is 22.8 Å². The molecule has 1 aromatic heterocycles. The van der Waals surface area contributed by atoms with Crippen LogP contribution in [0.2, 0.25) is 5.02 Å². The summed E-state index contributed by atoms with van der Waals surface area (Å²) in [7, 11) is 1.38. The van der Waals surface area contributed by atoms with Gasteiger partial charge >= 0.3 is 0 Å². The molecule has 0 N–H and O–H groups in total. The minimum absolute atomic E-state index is 0.0285. The van der Waals surface area contributed by atoms with E-state index in [0.29, 0.717) is 31.2 Å². The van der Waals surface area contributed by atoms with E-state index in [2.05, 4.69) is 4.90 Å². The predicted molar refractivity (Wildman–Crippen MR) is 91.1 cm³/mol. The molecule has 0 bridgehead atoms. The molecule has 2 aromatic rings. The summed E-state index contributed by atoms with van der Waals surface area (Å²) in [4.78, 5) is 28.1. The van der Waals surface area contributed by atoms with Crippen LogP contribution in [0.4, 0.5) is 5.69 Å². The van der Waals surface area contributed by atoms with E-state index in [1.165, 1.54) is 19.4 Å². The van der Waals surface area contributed by atoms with Crippen molar-refractivity contribution in [2.24, 2.45) is 0 Å². The topological polar surface area (TPSA) is 63.0 Å². The fraction of sp³-hybridized carbons (Fsp3) is 0.294. The molecular weight excluding hydrogens is 332 g/mol. The lowest BCUT2D eigenvalue weighted by Crippen LogP contribution is -2.48. The highest BCUT2D eigenvalue weighted by Gasteiger charge is 2.24. The second-order valence-corrected chi connectivity index (χ2v) is 5.87. The number of anilines is 1. The number of rotatable bonds is 3. The molecule has 1 aliphatic rings. The number of carbonyl (C=O) groups excluding carboxylic acids is 1. The molecule has 0 unspecified atom stereocenters. The molecule has 1 aromatic carbocycles. The maximum absolute atomic E-state index is 12.5. The van der Waals surface area contributed by atoms with Crippen LogP contribution in [0.25, 0.3) is 0 Å². The number of piperazine rings is 1. The SMILES string of the molecule is COc1coc(C(=O)N2CCN(c3ccc(Cl)cc3)CC2)cc1=O. The van der Waals surface area contributed by atoms with Crippen molar-refractivity contribution in [2.75, 3.05) is 38.2 Å². The maximum Gasteiger partial charge on any atom is 0.289 e. The minimum atomic E-state index is -0.369. The quantitative estimate of drug-likeness (QED) is 0.851. The van der Waals surface area contributed by atoms with Gasteiger partial charge in [0.15, 0.2) is 5.76 Å². The molecule has 0 atom stereocenters. The van der Waals surface area contributed by atoms with Gasteiger partial charge in [0.2, 0.25) is 11.2 Å². The first kappa shape index (κ1) is 16.4. The number of carbonyl (C=O) groups is 1. The Kier molecular flexibility index (Phi) is 4.76. The average molecular weight is 349 g/mol. The first-order valence-corrected chi connectivity index (χ1v) is 7.93. The summed E-state index contributed by atoms with van der Waals surface area (Å²) in [6, 6.07) is 8.79. The highest BCUT2D eigenvalue weighted by molar-refractivity contribution is 6.30. The number of hydrogen-bond acceptors (Lipinski definition) is 5. The second-order valence-electron chi connectivity index (χ2n) is 5.43. The molecule has 0 spiro atoms. The zero-order chi connectivity index (χ0) is 17.1. The highest BCUT2D eigenvalue weighted by atomic mass is 35.5. The molecule has 126 valence electrons. The third kappa shape index (κ3) is 3.38. The zero-order valence-corrected chi connectivity index (χ0v) is 14.0. The summed E-state index contributed by atoms with van der Waals surface area (Å²) in [5.74, 6) is -0.176. The van der Waals surface area contributed by atoms with Crippen LogP contribution in [-0.2, 0) is 0 Å². The van der Waals surface area contributed by atoms with Gasteiger partial charge in [-0.3, -0.25) is 9.59 Å². The lowest BCUT2D eigenvalue weighted by Gasteiger charge is -2.35. The Morgan fingerprint density at radius 2 is 1.83 bits per heavy atom. The van der Waals surface area contributed by atoms with Crippen molar-refractivity contribution in [2.45, 2.75) is 0 Å². The first-order chi connectivity index (χ1) is 11.6. The van der Waals surface area contributed by atoms with Crippen LogP contribution >= 0.6 is 11.6 Å². The third-order valence-electron chi connectivity index (χ3n) is 3.99. The monoisotopic (exact) mass is 348 g/mol. The molecular formula is C17H17ClN2O4. The lowest BCUT2D eigenvalue weighted by molar-refractivity contribution is 0.0711. The molecule has 0 saturated carbocycles. The van der Waals surface area contributed by atoms with Gasteiger partial charge in [0.25, 0.3) is 5.91 Å². The lowest BCUT2D eigenvalue weighted by atomic mass is 10.2. The maximum atomic E-state index is 12.5. The molecule has 1 aliphatic heterocycles. The van der Waals surface area contributed by atoms with Gasteiger partial charge < -0.3 is 19.0 Å². The van der Waals surface area contributed by atoms with Gasteiger partial charge in [-0.1, -0.05) is 11.6 Å². The number of methoxy groups -OCH3 is 1. The summed E-state index contributed by atoms with van der Waals surface area (Å²) in [6.45, 7) is 2.51. The van der Waals surface area contributed by atoms with Crippen LogP contribution in [0, 0.1) is 0 Å². The van der Waals surface area contributed by atoms with Crippen molar-refractivity contribution in [3.05, 3.63) is 57.6 Å². The largest absolute Gasteiger partial charge is 0.490 e. The Morgan fingerprint density at radius 3 is 2.42 bits per heavy atom. The predicted octanol–water partition coefficient (Wildman–Crippen LogP) is 2.26. The summed E-state index contributed by atoms with van der Waals surface area (Å²) in [5.41, 5.74) is 0.703. The normalized spacial score (nSPS) is 14.6. The third-order valence-corrected chi connectivity index (χ3v) is 4.24. The van der Waals surface area contributed by atoms with Gasteiger partial charge in [0.05, 0.1) is 7.11 Å². The molecule has 1 fully saturated rings. The Bertz CT molecular complexity index is 780. The van der Waals surface area contributed by atoms with E-state index in [0.717, 1.165) is 5.69 Å². The van der Waals surface area contributed by atoms with E-state index in [1.54, 1.807) is 4.90 Å². The van der Waals surface area contributed by atoms with Crippen molar-refractivity contribution in [1.82, 2.24) is 4.90 Å². The molecule has 1 saturated heterocycles. The van der Waals surface area contributed by atoms with Gasteiger partial charge in [-0.05, 0) is 24.3 Å². The van der Waals surface area contributed by atoms with Gasteiger partial charge in [-0.2, -0.15) is 0 Å². The van der Waals surface area contributed by atoms with E-state index < -0.39 is 0 Å². The van der Waals surface area contributed by atoms with Crippen LogP contribution < -0.4 is 15.1 Å². The number of amides is 1. The summed E-state index contributed by atoms with van der Waals surface area (Å²) >= 11 is 5.90. The summed E-state index contributed by atoms with van der Waals surface area (Å²) in [6.07, 6.45) is 1.17. The standard InChI is InChI=1S/C17H17ClN2O4/c1-23-16-11-24-15(10-14(16)21)17(22)20-8-6-19(7-9-20)13-4-2-12(18)3-5-13/h2-5,10-11H,6-9H2,1H3. The molecule has 0 radical (unpaired) electrons. The van der Waals surface area contributed by atoms with E-state index in [4.69, 9.17) is 20.8 Å². The van der Waals surface area contributed by atoms with Crippen molar-refractivity contribution in [1.29, 1.82) is 0 Å². The zero-order valence-electron chi connectivity index (χ0n) is 13.2. The summed E-state index contributed by atoms with van der Waals surface area (Å²) in [5, 5.41) is 0.696. The Balaban J connectivity index is 1.65. The second kappa shape index (κ2) is 6.97. The van der Waals surface area contributed by atoms with Crippen LogP contribution in [0.15, 0.2) is 45.8 Å². The van der Waals surface area contributed by atoms with Crippen molar-refractivity contribution in [3.63, 3.8) is 0 Å². The van der Waals surface area contributed by atoms with Crippen LogP contribution in [0.3, 0.4) is 0 Å². The van der Waals surface area contributed by atoms with Gasteiger partial charge in [-0.15, -0.1) is 0 Å². The minimum Gasteiger partial charge on any atom is -0.490 e. The van der Waals surface area contributed by atoms with Gasteiger partial charge in [0, 0.05) is 43.0 Å². The first-order valence-electron chi connectivity index (χ1n) is 7.55. The fourth-order valence-electron chi connectivity index (χ4n) is 2.64. The molecule has 24 heavy (non-hydrogen) atoms. The summed E-state index contributed by atoms with van der Waals surface area (Å²) < 4.78 is 10.1. The average Bonchev–Trinajstić information content (AvgIpc) is 2.62. The fourth-order valence-corrected chi connectivity index (χ4v) is 2.76. The number of ether oxygens (including phenoxy) is 1. The number of benzene rings is 1. The van der Waals surface area contributed by atoms with Crippen molar-refractivity contribution >= 4 is 23.2 Å². The van der Waals surface area contributed by atoms with Crippen molar-refractivity contribution in [3.8, 4) is 5.75 Å². The molecule has 2 heterocycles. The number of nitrogens with zero attached hydrogens (tertiary/aromatic N) is 2. The number of halogens is 1. The highest BCUT2D eigenvalue weighted by Crippen LogP contribution is 2.20. The van der Waals surface area contributed by atoms with E-state index in [9.17, 15) is 9.59 Å². The Morgan fingerprint density at radius 1 is 1.17 bits per heavy atom. The molecule has 6 nitrogen and oxygen atoms in total. The van der Waals surface area contributed by atoms with Crippen LogP contribution in [0.5, 0.6) is 5.75 Å².